The molecule has 0 bridgehead atoms. The Morgan fingerprint density at radius 2 is 1.81 bits per heavy atom. The molecule has 1 fully saturated rings. The van der Waals surface area contributed by atoms with Gasteiger partial charge in [0.05, 0.1) is 19.3 Å². The van der Waals surface area contributed by atoms with Gasteiger partial charge in [0, 0.05) is 6.07 Å². The zero-order valence-electron chi connectivity index (χ0n) is 14.2. The second kappa shape index (κ2) is 8.06. The van der Waals surface area contributed by atoms with E-state index in [1.165, 1.54) is 0 Å². The molecule has 27 heavy (non-hydrogen) atoms. The van der Waals surface area contributed by atoms with Crippen molar-refractivity contribution in [2.75, 3.05) is 18.0 Å². The quantitative estimate of drug-likeness (QED) is 0.488. The summed E-state index contributed by atoms with van der Waals surface area (Å²) in [4.78, 5) is 22.9. The molecule has 2 aromatic rings. The van der Waals surface area contributed by atoms with Gasteiger partial charge in [0.1, 0.15) is 23.3 Å². The smallest absolute Gasteiger partial charge is 0.322 e. The Labute approximate surface area is 157 Å². The predicted molar refractivity (Wildman–Crippen MR) is 98.1 cm³/mol. The number of methoxy groups -OCH3 is 1. The molecule has 1 heterocycles. The summed E-state index contributed by atoms with van der Waals surface area (Å²) in [6.07, 6.45) is 0. The number of nitrogens with zero attached hydrogens (tertiary/aromatic N) is 1. The molecule has 1 saturated heterocycles. The maximum Gasteiger partial charge on any atom is 0.322 e. The van der Waals surface area contributed by atoms with Gasteiger partial charge in [0.15, 0.2) is 0 Å². The molecule has 9 nitrogen and oxygen atoms in total. The number of carbonyl (C=O) groups excluding carboxylic acids is 2. The maximum atomic E-state index is 11.8. The van der Waals surface area contributed by atoms with Crippen molar-refractivity contribution in [2.45, 2.75) is 6.04 Å². The fourth-order valence-corrected chi connectivity index (χ4v) is 3.07. The van der Waals surface area contributed by atoms with Gasteiger partial charge >= 0.3 is 6.03 Å². The number of hydrogen-bond donors (Lipinski definition) is 3. The van der Waals surface area contributed by atoms with Gasteiger partial charge in [0.2, 0.25) is 0 Å². The van der Waals surface area contributed by atoms with Gasteiger partial charge in [-0.15, -0.1) is 0 Å². The molecule has 2 aromatic carbocycles. The number of rotatable bonds is 7. The Hall–Kier alpha value is -3.11. The van der Waals surface area contributed by atoms with Gasteiger partial charge in [-0.25, -0.2) is 9.00 Å². The highest BCUT2D eigenvalue weighted by Crippen LogP contribution is 2.28. The van der Waals surface area contributed by atoms with Gasteiger partial charge < -0.3 is 14.8 Å². The van der Waals surface area contributed by atoms with Crippen LogP contribution in [0.5, 0.6) is 17.2 Å². The molecule has 3 rings (SSSR count). The molecule has 2 atom stereocenters. The van der Waals surface area contributed by atoms with Crippen molar-refractivity contribution >= 4 is 28.9 Å². The summed E-state index contributed by atoms with van der Waals surface area (Å²) in [7, 11) is 1.57. The third kappa shape index (κ3) is 4.54. The van der Waals surface area contributed by atoms with E-state index < -0.39 is 29.2 Å². The van der Waals surface area contributed by atoms with Gasteiger partial charge in [-0.1, -0.05) is 6.07 Å². The molecular formula is C17H17N3O6S. The van der Waals surface area contributed by atoms with Gasteiger partial charge in [-0.3, -0.25) is 19.0 Å². The van der Waals surface area contributed by atoms with Crippen LogP contribution in [0.25, 0.3) is 0 Å². The maximum absolute atomic E-state index is 11.8. The average Bonchev–Trinajstić information content (AvgIpc) is 2.97. The number of imide groups is 1. The number of benzene rings is 2. The first kappa shape index (κ1) is 18.7. The van der Waals surface area contributed by atoms with E-state index in [1.54, 1.807) is 55.6 Å². The first-order valence-corrected chi connectivity index (χ1v) is 8.94. The van der Waals surface area contributed by atoms with Crippen molar-refractivity contribution in [1.82, 2.24) is 10.6 Å². The van der Waals surface area contributed by atoms with Crippen molar-refractivity contribution < 1.29 is 27.8 Å². The molecule has 0 aromatic heterocycles. The number of amides is 3. The summed E-state index contributed by atoms with van der Waals surface area (Å²) in [6.45, 7) is -0.174. The van der Waals surface area contributed by atoms with E-state index >= 15 is 0 Å². The third-order valence-corrected chi connectivity index (χ3v) is 4.53. The molecule has 1 aliphatic heterocycles. The van der Waals surface area contributed by atoms with Gasteiger partial charge in [-0.05, 0) is 36.4 Å². The summed E-state index contributed by atoms with van der Waals surface area (Å²) < 4.78 is 33.3. The SMILES string of the molecule is COc1ccc(Oc2cccc(N(CC3NC(=O)NC3=O)S(=O)O)c2)cc1. The van der Waals surface area contributed by atoms with E-state index in [2.05, 4.69) is 10.6 Å². The van der Waals surface area contributed by atoms with Crippen LogP contribution in [-0.4, -0.2) is 40.4 Å². The minimum Gasteiger partial charge on any atom is -0.497 e. The normalized spacial score (nSPS) is 17.0. The Bertz CT molecular complexity index is 873. The Morgan fingerprint density at radius 3 is 2.41 bits per heavy atom. The molecule has 1 aliphatic rings. The molecule has 0 radical (unpaired) electrons. The Morgan fingerprint density at radius 1 is 1.11 bits per heavy atom. The van der Waals surface area contributed by atoms with Crippen molar-refractivity contribution in [2.24, 2.45) is 0 Å². The minimum absolute atomic E-state index is 0.174. The van der Waals surface area contributed by atoms with Crippen molar-refractivity contribution in [1.29, 1.82) is 0 Å². The summed E-state index contributed by atoms with van der Waals surface area (Å²) in [5.74, 6) is 1.14. The van der Waals surface area contributed by atoms with Crippen molar-refractivity contribution in [3.63, 3.8) is 0 Å². The number of anilines is 1. The summed E-state index contributed by atoms with van der Waals surface area (Å²) in [5, 5.41) is 4.48. The van der Waals surface area contributed by atoms with E-state index in [0.717, 1.165) is 4.31 Å². The summed E-state index contributed by atoms with van der Waals surface area (Å²) in [6, 6.07) is 11.9. The highest BCUT2D eigenvalue weighted by atomic mass is 32.2. The molecule has 0 saturated carbocycles. The van der Waals surface area contributed by atoms with E-state index in [9.17, 15) is 18.4 Å². The van der Waals surface area contributed by atoms with Crippen molar-refractivity contribution in [3.05, 3.63) is 48.5 Å². The molecule has 0 aliphatic carbocycles. The fraction of sp³-hybridized carbons (Fsp3) is 0.176. The lowest BCUT2D eigenvalue weighted by molar-refractivity contribution is -0.119. The predicted octanol–water partition coefficient (Wildman–Crippen LogP) is 1.64. The first-order valence-electron chi connectivity index (χ1n) is 7.88. The Kier molecular flexibility index (Phi) is 5.57. The number of hydrogen-bond acceptors (Lipinski definition) is 5. The lowest BCUT2D eigenvalue weighted by atomic mass is 10.2. The van der Waals surface area contributed by atoms with Crippen LogP contribution in [0, 0.1) is 0 Å². The first-order chi connectivity index (χ1) is 13.0. The lowest BCUT2D eigenvalue weighted by Gasteiger charge is -2.22. The van der Waals surface area contributed by atoms with E-state index in [4.69, 9.17) is 9.47 Å². The summed E-state index contributed by atoms with van der Waals surface area (Å²) >= 11 is -2.41. The van der Waals surface area contributed by atoms with E-state index in [1.807, 2.05) is 0 Å². The Balaban J connectivity index is 1.77. The van der Waals surface area contributed by atoms with Crippen LogP contribution in [0.3, 0.4) is 0 Å². The molecule has 3 amide bonds. The van der Waals surface area contributed by atoms with Crippen molar-refractivity contribution in [3.8, 4) is 17.2 Å². The van der Waals surface area contributed by atoms with Gasteiger partial charge in [-0.2, -0.15) is 0 Å². The second-order valence-electron chi connectivity index (χ2n) is 5.58. The lowest BCUT2D eigenvalue weighted by Crippen LogP contribution is -2.42. The minimum atomic E-state index is -2.41. The van der Waals surface area contributed by atoms with Gasteiger partial charge in [0.25, 0.3) is 17.2 Å². The molecule has 142 valence electrons. The number of carbonyl (C=O) groups is 2. The molecular weight excluding hydrogens is 374 g/mol. The zero-order chi connectivity index (χ0) is 19.4. The summed E-state index contributed by atoms with van der Waals surface area (Å²) in [5.41, 5.74) is 0.357. The van der Waals surface area contributed by atoms with Crippen LogP contribution in [-0.2, 0) is 16.1 Å². The van der Waals surface area contributed by atoms with Crippen LogP contribution in [0.2, 0.25) is 0 Å². The third-order valence-electron chi connectivity index (χ3n) is 3.80. The van der Waals surface area contributed by atoms with Crippen LogP contribution in [0.1, 0.15) is 0 Å². The van der Waals surface area contributed by atoms with E-state index in [-0.39, 0.29) is 6.54 Å². The number of nitrogens with one attached hydrogen (secondary N) is 2. The monoisotopic (exact) mass is 391 g/mol. The van der Waals surface area contributed by atoms with E-state index in [0.29, 0.717) is 22.9 Å². The standard InChI is InChI=1S/C17H17N3O6S/c1-25-12-5-7-13(8-6-12)26-14-4-2-3-11(9-14)20(27(23)24)10-15-16(21)19-17(22)18-15/h2-9,15H,10H2,1H3,(H,23,24)(H2,18,19,21,22). The highest BCUT2D eigenvalue weighted by molar-refractivity contribution is 7.80. The zero-order valence-corrected chi connectivity index (χ0v) is 15.1. The average molecular weight is 391 g/mol. The van der Waals surface area contributed by atoms with Crippen LogP contribution in [0.4, 0.5) is 10.5 Å². The molecule has 2 unspecified atom stereocenters. The van der Waals surface area contributed by atoms with Crippen LogP contribution in [0.15, 0.2) is 48.5 Å². The fourth-order valence-electron chi connectivity index (χ4n) is 2.49. The molecule has 10 heteroatoms. The highest BCUT2D eigenvalue weighted by Gasteiger charge is 2.32. The topological polar surface area (TPSA) is 117 Å². The van der Waals surface area contributed by atoms with Crippen LogP contribution >= 0.6 is 0 Å². The second-order valence-corrected chi connectivity index (χ2v) is 6.48. The van der Waals surface area contributed by atoms with Crippen LogP contribution < -0.4 is 24.4 Å². The number of ether oxygens (including phenoxy) is 2. The molecule has 0 spiro atoms. The number of urea groups is 1. The molecule has 3 N–H and O–H groups in total. The largest absolute Gasteiger partial charge is 0.497 e.